The van der Waals surface area contributed by atoms with Crippen LogP contribution in [0.2, 0.25) is 0 Å². The SMILES string of the molecule is CCCCC1CCC(C(=O)Nc2c3c(nn2C(C)(C)C)CSC3)CC1. The molecule has 4 nitrogen and oxygen atoms in total. The number of anilines is 1. The topological polar surface area (TPSA) is 46.9 Å². The summed E-state index contributed by atoms with van der Waals surface area (Å²) in [5.74, 6) is 4.09. The number of hydrogen-bond acceptors (Lipinski definition) is 3. The standard InChI is InChI=1S/C20H33N3OS/c1-5-6-7-14-8-10-15(11-9-14)19(24)21-18-16-12-25-13-17(16)22-23(18)20(2,3)4/h14-15H,5-13H2,1-4H3,(H,21,24). The van der Waals surface area contributed by atoms with Crippen molar-refractivity contribution in [3.05, 3.63) is 11.3 Å². The van der Waals surface area contributed by atoms with E-state index >= 15 is 0 Å². The number of hydrogen-bond donors (Lipinski definition) is 1. The Hall–Kier alpha value is -0.970. The van der Waals surface area contributed by atoms with Crippen molar-refractivity contribution in [2.75, 3.05) is 5.32 Å². The van der Waals surface area contributed by atoms with E-state index in [2.05, 4.69) is 33.0 Å². The first kappa shape index (κ1) is 18.8. The van der Waals surface area contributed by atoms with Crippen LogP contribution in [0, 0.1) is 11.8 Å². The summed E-state index contributed by atoms with van der Waals surface area (Å²) in [5, 5.41) is 8.06. The van der Waals surface area contributed by atoms with Crippen molar-refractivity contribution in [1.29, 1.82) is 0 Å². The Morgan fingerprint density at radius 2 is 1.96 bits per heavy atom. The summed E-state index contributed by atoms with van der Waals surface area (Å²) in [4.78, 5) is 12.9. The van der Waals surface area contributed by atoms with Crippen LogP contribution >= 0.6 is 11.8 Å². The maximum Gasteiger partial charge on any atom is 0.228 e. The second-order valence-corrected chi connectivity index (χ2v) is 9.68. The number of thioether (sulfide) groups is 1. The van der Waals surface area contributed by atoms with Crippen LogP contribution in [0.5, 0.6) is 0 Å². The van der Waals surface area contributed by atoms with E-state index in [1.807, 2.05) is 16.4 Å². The highest BCUT2D eigenvalue weighted by Crippen LogP contribution is 2.38. The van der Waals surface area contributed by atoms with Crippen molar-refractivity contribution in [1.82, 2.24) is 9.78 Å². The number of carbonyl (C=O) groups is 1. The van der Waals surface area contributed by atoms with Gasteiger partial charge in [0.2, 0.25) is 5.91 Å². The molecule has 1 fully saturated rings. The molecule has 1 aliphatic heterocycles. The second-order valence-electron chi connectivity index (χ2n) is 8.70. The molecule has 140 valence electrons. The van der Waals surface area contributed by atoms with Gasteiger partial charge in [-0.05, 0) is 52.4 Å². The quantitative estimate of drug-likeness (QED) is 0.770. The van der Waals surface area contributed by atoms with E-state index in [1.54, 1.807) is 0 Å². The molecule has 0 unspecified atom stereocenters. The van der Waals surface area contributed by atoms with Crippen molar-refractivity contribution in [3.8, 4) is 0 Å². The molecule has 1 aromatic heterocycles. The summed E-state index contributed by atoms with van der Waals surface area (Å²) in [6.45, 7) is 8.71. The number of amides is 1. The predicted molar refractivity (Wildman–Crippen MR) is 106 cm³/mol. The molecule has 3 rings (SSSR count). The Bertz CT molecular complexity index is 609. The minimum Gasteiger partial charge on any atom is -0.310 e. The lowest BCUT2D eigenvalue weighted by atomic mass is 9.79. The van der Waals surface area contributed by atoms with Gasteiger partial charge in [-0.15, -0.1) is 0 Å². The molecular weight excluding hydrogens is 330 g/mol. The van der Waals surface area contributed by atoms with E-state index in [9.17, 15) is 4.79 Å². The smallest absolute Gasteiger partial charge is 0.228 e. The van der Waals surface area contributed by atoms with Gasteiger partial charge < -0.3 is 5.32 Å². The number of nitrogens with zero attached hydrogens (tertiary/aromatic N) is 2. The third-order valence-corrected chi connectivity index (χ3v) is 6.58. The van der Waals surface area contributed by atoms with Gasteiger partial charge in [0, 0.05) is 23.0 Å². The van der Waals surface area contributed by atoms with Gasteiger partial charge in [-0.25, -0.2) is 4.68 Å². The molecule has 0 atom stereocenters. The molecular formula is C20H33N3OS. The molecule has 1 saturated carbocycles. The number of fused-ring (bicyclic) bond motifs is 1. The van der Waals surface area contributed by atoms with Gasteiger partial charge in [-0.3, -0.25) is 4.79 Å². The zero-order chi connectivity index (χ0) is 18.0. The number of aromatic nitrogens is 2. The Kier molecular flexibility index (Phi) is 5.81. The van der Waals surface area contributed by atoms with E-state index in [0.717, 1.165) is 41.8 Å². The third-order valence-electron chi connectivity index (χ3n) is 5.61. The van der Waals surface area contributed by atoms with Crippen molar-refractivity contribution in [2.45, 2.75) is 89.7 Å². The molecule has 1 aromatic rings. The molecule has 0 spiro atoms. The van der Waals surface area contributed by atoms with E-state index in [0.29, 0.717) is 0 Å². The zero-order valence-electron chi connectivity index (χ0n) is 16.2. The molecule has 0 saturated heterocycles. The van der Waals surface area contributed by atoms with Crippen LogP contribution in [0.3, 0.4) is 0 Å². The van der Waals surface area contributed by atoms with Crippen molar-refractivity contribution in [3.63, 3.8) is 0 Å². The maximum absolute atomic E-state index is 12.9. The minimum atomic E-state index is -0.116. The van der Waals surface area contributed by atoms with Crippen LogP contribution in [-0.2, 0) is 21.8 Å². The van der Waals surface area contributed by atoms with Crippen molar-refractivity contribution < 1.29 is 4.79 Å². The Morgan fingerprint density at radius 1 is 1.24 bits per heavy atom. The van der Waals surface area contributed by atoms with Crippen LogP contribution in [0.4, 0.5) is 5.82 Å². The molecule has 5 heteroatoms. The molecule has 1 N–H and O–H groups in total. The second kappa shape index (κ2) is 7.73. The van der Waals surface area contributed by atoms with Crippen LogP contribution in [-0.4, -0.2) is 15.7 Å². The average Bonchev–Trinajstić information content (AvgIpc) is 3.15. The Balaban J connectivity index is 1.66. The highest BCUT2D eigenvalue weighted by atomic mass is 32.2. The molecule has 2 heterocycles. The van der Waals surface area contributed by atoms with E-state index in [-0.39, 0.29) is 17.4 Å². The molecule has 2 aliphatic rings. The van der Waals surface area contributed by atoms with Gasteiger partial charge >= 0.3 is 0 Å². The summed E-state index contributed by atoms with van der Waals surface area (Å²) in [6, 6.07) is 0. The van der Waals surface area contributed by atoms with Gasteiger partial charge in [0.05, 0.1) is 11.2 Å². The average molecular weight is 364 g/mol. The summed E-state index contributed by atoms with van der Waals surface area (Å²) in [5.41, 5.74) is 2.28. The van der Waals surface area contributed by atoms with Gasteiger partial charge in [0.15, 0.2) is 0 Å². The molecule has 0 bridgehead atoms. The zero-order valence-corrected chi connectivity index (χ0v) is 17.0. The molecule has 25 heavy (non-hydrogen) atoms. The van der Waals surface area contributed by atoms with Gasteiger partial charge in [0.25, 0.3) is 0 Å². The molecule has 0 aromatic carbocycles. The number of carbonyl (C=O) groups excluding carboxylic acids is 1. The van der Waals surface area contributed by atoms with Gasteiger partial charge in [-0.1, -0.05) is 26.2 Å². The minimum absolute atomic E-state index is 0.116. The number of nitrogens with one attached hydrogen (secondary N) is 1. The summed E-state index contributed by atoms with van der Waals surface area (Å²) in [7, 11) is 0. The maximum atomic E-state index is 12.9. The highest BCUT2D eigenvalue weighted by molar-refractivity contribution is 7.98. The first-order chi connectivity index (χ1) is 11.9. The highest BCUT2D eigenvalue weighted by Gasteiger charge is 2.31. The lowest BCUT2D eigenvalue weighted by molar-refractivity contribution is -0.121. The summed E-state index contributed by atoms with van der Waals surface area (Å²) >= 11 is 1.89. The predicted octanol–water partition coefficient (Wildman–Crippen LogP) is 5.32. The Labute approximate surface area is 156 Å². The van der Waals surface area contributed by atoms with Gasteiger partial charge in [-0.2, -0.15) is 16.9 Å². The fourth-order valence-corrected chi connectivity index (χ4v) is 5.09. The Morgan fingerprint density at radius 3 is 2.60 bits per heavy atom. The van der Waals surface area contributed by atoms with Crippen LogP contribution in [0.1, 0.15) is 83.9 Å². The van der Waals surface area contributed by atoms with Crippen LogP contribution in [0.15, 0.2) is 0 Å². The van der Waals surface area contributed by atoms with Crippen molar-refractivity contribution in [2.24, 2.45) is 11.8 Å². The largest absolute Gasteiger partial charge is 0.310 e. The molecule has 0 radical (unpaired) electrons. The number of rotatable bonds is 5. The first-order valence-electron chi connectivity index (χ1n) is 9.90. The lowest BCUT2D eigenvalue weighted by Crippen LogP contribution is -2.31. The van der Waals surface area contributed by atoms with E-state index in [4.69, 9.17) is 5.10 Å². The van der Waals surface area contributed by atoms with Crippen LogP contribution < -0.4 is 5.32 Å². The monoisotopic (exact) mass is 363 g/mol. The first-order valence-corrected chi connectivity index (χ1v) is 11.1. The normalized spacial score (nSPS) is 23.5. The summed E-state index contributed by atoms with van der Waals surface area (Å²) < 4.78 is 2.03. The number of unbranched alkanes of at least 4 members (excludes halogenated alkanes) is 1. The lowest BCUT2D eigenvalue weighted by Gasteiger charge is -2.29. The van der Waals surface area contributed by atoms with Gasteiger partial charge in [0.1, 0.15) is 5.82 Å². The summed E-state index contributed by atoms with van der Waals surface area (Å²) in [6.07, 6.45) is 8.46. The fourth-order valence-electron chi connectivity index (χ4n) is 4.05. The molecule has 1 amide bonds. The van der Waals surface area contributed by atoms with E-state index in [1.165, 1.54) is 37.7 Å². The molecule has 1 aliphatic carbocycles. The van der Waals surface area contributed by atoms with E-state index < -0.39 is 0 Å². The van der Waals surface area contributed by atoms with Crippen molar-refractivity contribution >= 4 is 23.5 Å². The third kappa shape index (κ3) is 4.24. The van der Waals surface area contributed by atoms with Crippen LogP contribution in [0.25, 0.3) is 0 Å². The fraction of sp³-hybridized carbons (Fsp3) is 0.800.